The van der Waals surface area contributed by atoms with Gasteiger partial charge in [0, 0.05) is 11.6 Å². The van der Waals surface area contributed by atoms with Gasteiger partial charge in [0.1, 0.15) is 0 Å². The van der Waals surface area contributed by atoms with Gasteiger partial charge in [-0.05, 0) is 40.7 Å². The second-order valence-electron chi connectivity index (χ2n) is 4.37. The number of nitrogens with zero attached hydrogens (tertiary/aromatic N) is 1. The van der Waals surface area contributed by atoms with Crippen LogP contribution in [0.2, 0.25) is 0 Å². The van der Waals surface area contributed by atoms with Crippen molar-refractivity contribution in [3.63, 3.8) is 0 Å². The molecule has 1 fully saturated rings. The van der Waals surface area contributed by atoms with Gasteiger partial charge in [-0.15, -0.1) is 0 Å². The molecule has 0 amide bonds. The predicted molar refractivity (Wildman–Crippen MR) is 46.5 cm³/mol. The average molecular weight is 157 g/mol. The molecule has 1 aliphatic rings. The van der Waals surface area contributed by atoms with E-state index in [2.05, 4.69) is 32.7 Å². The van der Waals surface area contributed by atoms with Crippen LogP contribution in [0.25, 0.3) is 0 Å². The monoisotopic (exact) mass is 157 g/mol. The zero-order valence-electron chi connectivity index (χ0n) is 7.96. The Balaban J connectivity index is 2.67. The standard InChI is InChI=1S/C9H19NO/c1-7-5-8(11)6-9(2,3)10(7)4/h7-8,11H,5-6H2,1-4H3/t7-,8+/m0/s1. The fourth-order valence-corrected chi connectivity index (χ4v) is 1.95. The van der Waals surface area contributed by atoms with Gasteiger partial charge in [-0.25, -0.2) is 0 Å². The number of likely N-dealkylation sites (tertiary alicyclic amines) is 1. The first-order valence-electron chi connectivity index (χ1n) is 4.34. The van der Waals surface area contributed by atoms with E-state index in [1.807, 2.05) is 0 Å². The molecule has 0 aliphatic carbocycles. The number of piperidine rings is 1. The van der Waals surface area contributed by atoms with Crippen LogP contribution in [-0.4, -0.2) is 34.7 Å². The third-order valence-electron chi connectivity index (χ3n) is 2.96. The van der Waals surface area contributed by atoms with Crippen molar-refractivity contribution in [1.29, 1.82) is 0 Å². The van der Waals surface area contributed by atoms with E-state index in [0.29, 0.717) is 6.04 Å². The van der Waals surface area contributed by atoms with Gasteiger partial charge in [0.2, 0.25) is 0 Å². The van der Waals surface area contributed by atoms with Gasteiger partial charge in [-0.1, -0.05) is 0 Å². The molecule has 0 saturated carbocycles. The SMILES string of the molecule is C[C@H]1C[C@@H](O)CC(C)(C)N1C. The third kappa shape index (κ3) is 1.74. The Labute approximate surface area is 69.2 Å². The zero-order valence-corrected chi connectivity index (χ0v) is 7.96. The van der Waals surface area contributed by atoms with Crippen LogP contribution in [0.3, 0.4) is 0 Å². The molecular weight excluding hydrogens is 138 g/mol. The number of aliphatic hydroxyl groups is 1. The van der Waals surface area contributed by atoms with E-state index >= 15 is 0 Å². The largest absolute Gasteiger partial charge is 0.393 e. The van der Waals surface area contributed by atoms with Crippen molar-refractivity contribution in [3.8, 4) is 0 Å². The lowest BCUT2D eigenvalue weighted by Crippen LogP contribution is -2.53. The van der Waals surface area contributed by atoms with Gasteiger partial charge in [0.25, 0.3) is 0 Å². The minimum absolute atomic E-state index is 0.101. The van der Waals surface area contributed by atoms with Crippen LogP contribution in [0.4, 0.5) is 0 Å². The van der Waals surface area contributed by atoms with Crippen molar-refractivity contribution in [2.75, 3.05) is 7.05 Å². The maximum absolute atomic E-state index is 9.51. The highest BCUT2D eigenvalue weighted by Crippen LogP contribution is 2.29. The second-order valence-corrected chi connectivity index (χ2v) is 4.37. The molecule has 11 heavy (non-hydrogen) atoms. The van der Waals surface area contributed by atoms with Crippen molar-refractivity contribution >= 4 is 0 Å². The van der Waals surface area contributed by atoms with E-state index in [4.69, 9.17) is 0 Å². The normalized spacial score (nSPS) is 39.0. The molecule has 0 spiro atoms. The number of hydrogen-bond acceptors (Lipinski definition) is 2. The summed E-state index contributed by atoms with van der Waals surface area (Å²) >= 11 is 0. The molecule has 2 heteroatoms. The van der Waals surface area contributed by atoms with Gasteiger partial charge < -0.3 is 5.11 Å². The molecule has 1 N–H and O–H groups in total. The lowest BCUT2D eigenvalue weighted by atomic mass is 9.86. The Kier molecular flexibility index (Phi) is 2.26. The molecule has 0 aromatic heterocycles. The molecule has 0 unspecified atom stereocenters. The lowest BCUT2D eigenvalue weighted by Gasteiger charge is -2.46. The summed E-state index contributed by atoms with van der Waals surface area (Å²) in [6.45, 7) is 6.54. The van der Waals surface area contributed by atoms with Crippen LogP contribution in [0.15, 0.2) is 0 Å². The lowest BCUT2D eigenvalue weighted by molar-refractivity contribution is -0.0192. The minimum atomic E-state index is -0.101. The van der Waals surface area contributed by atoms with E-state index in [1.165, 1.54) is 0 Å². The fraction of sp³-hybridized carbons (Fsp3) is 1.00. The van der Waals surface area contributed by atoms with Gasteiger partial charge in [-0.3, -0.25) is 4.90 Å². The van der Waals surface area contributed by atoms with Crippen molar-refractivity contribution in [1.82, 2.24) is 4.90 Å². The topological polar surface area (TPSA) is 23.5 Å². The number of aliphatic hydroxyl groups excluding tert-OH is 1. The molecule has 0 aromatic rings. The molecule has 2 nitrogen and oxygen atoms in total. The Morgan fingerprint density at radius 3 is 2.45 bits per heavy atom. The van der Waals surface area contributed by atoms with Crippen LogP contribution in [0.1, 0.15) is 33.6 Å². The number of hydrogen-bond donors (Lipinski definition) is 1. The Bertz CT molecular complexity index is 144. The molecular formula is C9H19NO. The molecule has 1 saturated heterocycles. The third-order valence-corrected chi connectivity index (χ3v) is 2.96. The van der Waals surface area contributed by atoms with E-state index in [9.17, 15) is 5.11 Å². The molecule has 66 valence electrons. The molecule has 2 atom stereocenters. The van der Waals surface area contributed by atoms with Gasteiger partial charge in [0.05, 0.1) is 6.10 Å². The summed E-state index contributed by atoms with van der Waals surface area (Å²) in [6, 6.07) is 0.508. The summed E-state index contributed by atoms with van der Waals surface area (Å²) in [6.07, 6.45) is 1.71. The number of rotatable bonds is 0. The van der Waals surface area contributed by atoms with Crippen LogP contribution in [-0.2, 0) is 0 Å². The van der Waals surface area contributed by atoms with Gasteiger partial charge >= 0.3 is 0 Å². The average Bonchev–Trinajstić information content (AvgIpc) is 1.81. The molecule has 1 rings (SSSR count). The first kappa shape index (κ1) is 9.01. The predicted octanol–water partition coefficient (Wildman–Crippen LogP) is 1.24. The first-order valence-corrected chi connectivity index (χ1v) is 4.34. The fourth-order valence-electron chi connectivity index (χ4n) is 1.95. The van der Waals surface area contributed by atoms with Gasteiger partial charge in [0.15, 0.2) is 0 Å². The van der Waals surface area contributed by atoms with Crippen LogP contribution < -0.4 is 0 Å². The molecule has 1 heterocycles. The van der Waals surface area contributed by atoms with E-state index < -0.39 is 0 Å². The summed E-state index contributed by atoms with van der Waals surface area (Å²) in [5, 5.41) is 9.51. The summed E-state index contributed by atoms with van der Waals surface area (Å²) < 4.78 is 0. The summed E-state index contributed by atoms with van der Waals surface area (Å²) in [5.41, 5.74) is 0.164. The second kappa shape index (κ2) is 2.76. The van der Waals surface area contributed by atoms with Crippen LogP contribution in [0, 0.1) is 0 Å². The van der Waals surface area contributed by atoms with Crippen molar-refractivity contribution in [2.24, 2.45) is 0 Å². The highest BCUT2D eigenvalue weighted by atomic mass is 16.3. The highest BCUT2D eigenvalue weighted by Gasteiger charge is 2.35. The Morgan fingerprint density at radius 1 is 1.45 bits per heavy atom. The van der Waals surface area contributed by atoms with E-state index in [1.54, 1.807) is 0 Å². The zero-order chi connectivity index (χ0) is 8.65. The van der Waals surface area contributed by atoms with Crippen LogP contribution in [0.5, 0.6) is 0 Å². The molecule has 0 bridgehead atoms. The first-order chi connectivity index (χ1) is 4.93. The van der Waals surface area contributed by atoms with E-state index in [0.717, 1.165) is 12.8 Å². The maximum atomic E-state index is 9.51. The van der Waals surface area contributed by atoms with Crippen LogP contribution >= 0.6 is 0 Å². The Morgan fingerprint density at radius 2 is 2.00 bits per heavy atom. The summed E-state index contributed by atoms with van der Waals surface area (Å²) in [5.74, 6) is 0. The minimum Gasteiger partial charge on any atom is -0.393 e. The van der Waals surface area contributed by atoms with Crippen molar-refractivity contribution in [2.45, 2.75) is 51.3 Å². The molecule has 0 radical (unpaired) electrons. The maximum Gasteiger partial charge on any atom is 0.0572 e. The smallest absolute Gasteiger partial charge is 0.0572 e. The van der Waals surface area contributed by atoms with Crippen molar-refractivity contribution in [3.05, 3.63) is 0 Å². The van der Waals surface area contributed by atoms with Crippen molar-refractivity contribution < 1.29 is 5.11 Å². The molecule has 1 aliphatic heterocycles. The Hall–Kier alpha value is -0.0800. The summed E-state index contributed by atoms with van der Waals surface area (Å²) in [4.78, 5) is 2.35. The van der Waals surface area contributed by atoms with Gasteiger partial charge in [-0.2, -0.15) is 0 Å². The summed E-state index contributed by atoms with van der Waals surface area (Å²) in [7, 11) is 2.14. The quantitative estimate of drug-likeness (QED) is 0.572. The molecule has 0 aromatic carbocycles. The van der Waals surface area contributed by atoms with E-state index in [-0.39, 0.29) is 11.6 Å². The highest BCUT2D eigenvalue weighted by molar-refractivity contribution is 4.91.